The molecule has 9 nitrogen and oxygen atoms in total. The lowest BCUT2D eigenvalue weighted by atomic mass is 9.97. The van der Waals surface area contributed by atoms with E-state index in [1.807, 2.05) is 18.2 Å². The second kappa shape index (κ2) is 8.49. The average molecular weight is 385 g/mol. The van der Waals surface area contributed by atoms with E-state index >= 15 is 0 Å². The molecule has 2 amide bonds. The van der Waals surface area contributed by atoms with Crippen LogP contribution in [-0.2, 0) is 14.4 Å². The van der Waals surface area contributed by atoms with Gasteiger partial charge in [-0.25, -0.2) is 4.79 Å². The van der Waals surface area contributed by atoms with Gasteiger partial charge in [0.2, 0.25) is 5.91 Å². The number of rotatable bonds is 4. The lowest BCUT2D eigenvalue weighted by molar-refractivity contribution is -0.150. The molecule has 0 radical (unpaired) electrons. The third kappa shape index (κ3) is 3.68. The molecule has 3 rings (SSSR count). The fourth-order valence-electron chi connectivity index (χ4n) is 3.06. The molecule has 0 bridgehead atoms. The van der Waals surface area contributed by atoms with Crippen LogP contribution in [0.4, 0.5) is 0 Å². The molecule has 10 heteroatoms. The molecule has 3 aliphatic rings. The number of nitrogens with zero attached hydrogens (tertiary/aromatic N) is 1. The van der Waals surface area contributed by atoms with Gasteiger partial charge in [0.25, 0.3) is 5.91 Å². The van der Waals surface area contributed by atoms with Crippen LogP contribution in [0.2, 0.25) is 0 Å². The molecular weight excluding hydrogens is 362 g/mol. The van der Waals surface area contributed by atoms with Crippen LogP contribution in [0.5, 0.6) is 0 Å². The molecule has 8 N–H and O–H groups in total. The summed E-state index contributed by atoms with van der Waals surface area (Å²) >= 11 is 1.45. The molecule has 0 aromatic carbocycles. The first kappa shape index (κ1) is 21.9. The number of thioether (sulfide) groups is 1. The second-order valence-corrected chi connectivity index (χ2v) is 7.10. The number of carbonyl (C=O) groups excluding carboxylic acids is 2. The third-order valence-corrected chi connectivity index (χ3v) is 5.80. The normalized spacial score (nSPS) is 25.1. The summed E-state index contributed by atoms with van der Waals surface area (Å²) in [5.74, 6) is -1.41. The number of carbonyl (C=O) groups is 3. The zero-order valence-electron chi connectivity index (χ0n) is 14.2. The highest BCUT2D eigenvalue weighted by Crippen LogP contribution is 2.40. The van der Waals surface area contributed by atoms with Crippen molar-refractivity contribution in [2.75, 3.05) is 5.75 Å². The number of β-lactam (4-membered cyclic amide) rings is 1. The maximum atomic E-state index is 12.3. The molecule has 1 fully saturated rings. The van der Waals surface area contributed by atoms with Crippen molar-refractivity contribution in [2.45, 2.75) is 37.2 Å². The highest BCUT2D eigenvalue weighted by molar-refractivity contribution is 8.00. The molecule has 2 aliphatic heterocycles. The lowest BCUT2D eigenvalue weighted by Crippen LogP contribution is -2.71. The monoisotopic (exact) mass is 385 g/mol. The van der Waals surface area contributed by atoms with Gasteiger partial charge in [0.1, 0.15) is 23.2 Å². The van der Waals surface area contributed by atoms with Crippen LogP contribution >= 0.6 is 11.8 Å². The molecular formula is C16H23N3O6S. The third-order valence-electron chi connectivity index (χ3n) is 4.38. The minimum atomic E-state index is -1.12. The summed E-state index contributed by atoms with van der Waals surface area (Å²) in [5.41, 5.74) is 7.49. The van der Waals surface area contributed by atoms with Crippen LogP contribution < -0.4 is 11.1 Å². The fourth-order valence-corrected chi connectivity index (χ4v) is 4.35. The number of hydrogen-bond acceptors (Lipinski definition) is 5. The second-order valence-electron chi connectivity index (χ2n) is 6.00. The van der Waals surface area contributed by atoms with Crippen molar-refractivity contribution in [3.05, 3.63) is 35.1 Å². The van der Waals surface area contributed by atoms with Crippen LogP contribution in [0.3, 0.4) is 0 Å². The predicted octanol–water partition coefficient (Wildman–Crippen LogP) is -1.30. The fraction of sp³-hybridized carbons (Fsp3) is 0.438. The van der Waals surface area contributed by atoms with E-state index in [2.05, 4.69) is 5.32 Å². The maximum absolute atomic E-state index is 12.3. The van der Waals surface area contributed by atoms with E-state index in [0.29, 0.717) is 17.7 Å². The van der Waals surface area contributed by atoms with E-state index in [0.717, 1.165) is 12.0 Å². The topological polar surface area (TPSA) is 176 Å². The van der Waals surface area contributed by atoms with Crippen LogP contribution in [0.1, 0.15) is 19.8 Å². The summed E-state index contributed by atoms with van der Waals surface area (Å²) in [4.78, 5) is 37.3. The zero-order valence-corrected chi connectivity index (χ0v) is 15.0. The van der Waals surface area contributed by atoms with Gasteiger partial charge in [-0.05, 0) is 30.9 Å². The summed E-state index contributed by atoms with van der Waals surface area (Å²) in [6.45, 7) is 1.70. The maximum Gasteiger partial charge on any atom is 0.352 e. The van der Waals surface area contributed by atoms with Gasteiger partial charge < -0.3 is 27.1 Å². The summed E-state index contributed by atoms with van der Waals surface area (Å²) in [6, 6.07) is -1.52. The molecule has 1 unspecified atom stereocenters. The molecule has 26 heavy (non-hydrogen) atoms. The minimum absolute atomic E-state index is 0. The molecule has 0 aromatic rings. The number of nitrogens with two attached hydrogens (primary N) is 1. The first-order valence-corrected chi connectivity index (χ1v) is 8.74. The van der Waals surface area contributed by atoms with Gasteiger partial charge in [0, 0.05) is 5.75 Å². The number of carboxylic acids is 1. The molecule has 0 saturated carbocycles. The van der Waals surface area contributed by atoms with Crippen molar-refractivity contribution < 1.29 is 30.4 Å². The summed E-state index contributed by atoms with van der Waals surface area (Å²) in [6.07, 6.45) is 7.26. The highest BCUT2D eigenvalue weighted by atomic mass is 32.2. The molecule has 3 atom stereocenters. The van der Waals surface area contributed by atoms with Gasteiger partial charge in [-0.3, -0.25) is 14.5 Å². The average Bonchev–Trinajstić information content (AvgIpc) is 2.59. The Morgan fingerprint density at radius 2 is 2.08 bits per heavy atom. The van der Waals surface area contributed by atoms with Crippen molar-refractivity contribution in [2.24, 2.45) is 5.73 Å². The van der Waals surface area contributed by atoms with Crippen molar-refractivity contribution in [1.82, 2.24) is 10.2 Å². The van der Waals surface area contributed by atoms with E-state index in [-0.39, 0.29) is 22.0 Å². The van der Waals surface area contributed by atoms with E-state index < -0.39 is 29.9 Å². The Kier molecular flexibility index (Phi) is 7.16. The van der Waals surface area contributed by atoms with Gasteiger partial charge >= 0.3 is 5.97 Å². The van der Waals surface area contributed by atoms with Gasteiger partial charge in [-0.15, -0.1) is 11.8 Å². The number of allylic oxidation sites excluding steroid dienone is 3. The number of aliphatic carboxylic acids is 1. The number of amides is 2. The number of nitrogens with one attached hydrogen (secondary N) is 1. The molecule has 2 heterocycles. The van der Waals surface area contributed by atoms with Gasteiger partial charge in [0.15, 0.2) is 0 Å². The largest absolute Gasteiger partial charge is 0.477 e. The Labute approximate surface area is 154 Å². The van der Waals surface area contributed by atoms with Crippen molar-refractivity contribution in [3.8, 4) is 0 Å². The number of carboxylic acid groups (broad SMARTS) is 1. The van der Waals surface area contributed by atoms with Gasteiger partial charge in [-0.1, -0.05) is 18.2 Å². The Bertz CT molecular complexity index is 702. The first-order valence-electron chi connectivity index (χ1n) is 7.69. The summed E-state index contributed by atoms with van der Waals surface area (Å²) < 4.78 is 0. The lowest BCUT2D eigenvalue weighted by Gasteiger charge is -2.49. The molecule has 1 aliphatic carbocycles. The molecule has 0 aromatic heterocycles. The van der Waals surface area contributed by atoms with Crippen LogP contribution in [0, 0.1) is 0 Å². The smallest absolute Gasteiger partial charge is 0.352 e. The SMILES string of the molecule is CC1=C(C(=O)O)N2C(=O)[C@@H](NC(=O)C(N)C3=CCC=CC3)[C@H]2SC1.O.O. The summed E-state index contributed by atoms with van der Waals surface area (Å²) in [7, 11) is 0. The Morgan fingerprint density at radius 3 is 2.65 bits per heavy atom. The van der Waals surface area contributed by atoms with Gasteiger partial charge in [-0.2, -0.15) is 0 Å². The van der Waals surface area contributed by atoms with Gasteiger partial charge in [0.05, 0.1) is 0 Å². The van der Waals surface area contributed by atoms with Crippen LogP contribution in [0.25, 0.3) is 0 Å². The van der Waals surface area contributed by atoms with Crippen LogP contribution in [0.15, 0.2) is 35.1 Å². The quantitative estimate of drug-likeness (QED) is 0.400. The van der Waals surface area contributed by atoms with E-state index in [1.54, 1.807) is 6.92 Å². The molecule has 144 valence electrons. The van der Waals surface area contributed by atoms with Crippen molar-refractivity contribution in [1.29, 1.82) is 0 Å². The first-order chi connectivity index (χ1) is 11.4. The van der Waals surface area contributed by atoms with Crippen molar-refractivity contribution >= 4 is 29.5 Å². The van der Waals surface area contributed by atoms with Crippen molar-refractivity contribution in [3.63, 3.8) is 0 Å². The number of fused-ring (bicyclic) bond motifs is 1. The Hall–Kier alpha value is -2.14. The van der Waals surface area contributed by atoms with E-state index in [4.69, 9.17) is 5.73 Å². The molecule has 1 saturated heterocycles. The highest BCUT2D eigenvalue weighted by Gasteiger charge is 2.53. The predicted molar refractivity (Wildman–Crippen MR) is 97.0 cm³/mol. The molecule has 0 spiro atoms. The van der Waals surface area contributed by atoms with E-state index in [9.17, 15) is 19.5 Å². The zero-order chi connectivity index (χ0) is 17.4. The standard InChI is InChI=1S/C16H19N3O4S.2H2O/c1-8-7-24-15-11(14(21)19(15)12(8)16(22)23)18-13(20)10(17)9-5-3-2-4-6-9;;/h2-3,6,10-11,15H,4-5,7,17H2,1H3,(H,18,20)(H,22,23);2*1H2/t10?,11-,15-;;/m1../s1. The minimum Gasteiger partial charge on any atom is -0.477 e. The summed E-state index contributed by atoms with van der Waals surface area (Å²) in [5, 5.41) is 11.6. The van der Waals surface area contributed by atoms with Crippen LogP contribution in [-0.4, -0.2) is 62.0 Å². The number of hydrogen-bond donors (Lipinski definition) is 3. The Morgan fingerprint density at radius 1 is 1.38 bits per heavy atom. The Balaban J connectivity index is 0.00000169. The van der Waals surface area contributed by atoms with E-state index in [1.165, 1.54) is 16.7 Å².